The van der Waals surface area contributed by atoms with E-state index in [1.54, 1.807) is 36.4 Å². The molecule has 3 rings (SSSR count). The van der Waals surface area contributed by atoms with Crippen LogP contribution in [0, 0.1) is 0 Å². The zero-order valence-corrected chi connectivity index (χ0v) is 15.7. The summed E-state index contributed by atoms with van der Waals surface area (Å²) in [6.45, 7) is 0.507. The van der Waals surface area contributed by atoms with Crippen molar-refractivity contribution in [3.05, 3.63) is 89.9 Å². The molecule has 0 aliphatic heterocycles. The van der Waals surface area contributed by atoms with Crippen LogP contribution in [0.4, 0.5) is 0 Å². The standard InChI is InChI=1S/C22H21N3O4/c26-21(23-13-12-17-5-2-1-3-6-17)16-29-19-10-8-18(9-11-19)15-24-25-22(27)20-7-4-14-28-20/h1-11,14-15H,12-13,16H2,(H,23,26)(H,25,27). The van der Waals surface area contributed by atoms with E-state index >= 15 is 0 Å². The van der Waals surface area contributed by atoms with E-state index in [1.165, 1.54) is 18.0 Å². The Morgan fingerprint density at radius 2 is 1.79 bits per heavy atom. The Bertz CT molecular complexity index is 936. The minimum atomic E-state index is -0.426. The van der Waals surface area contributed by atoms with Crippen molar-refractivity contribution in [2.75, 3.05) is 13.2 Å². The third-order valence-electron chi connectivity index (χ3n) is 3.95. The fourth-order valence-corrected chi connectivity index (χ4v) is 2.47. The molecule has 0 atom stereocenters. The molecule has 2 N–H and O–H groups in total. The first-order valence-electron chi connectivity index (χ1n) is 9.11. The van der Waals surface area contributed by atoms with Gasteiger partial charge in [-0.2, -0.15) is 5.10 Å². The Balaban J connectivity index is 1.37. The maximum atomic E-state index is 11.9. The molecule has 0 saturated carbocycles. The van der Waals surface area contributed by atoms with Crippen LogP contribution in [0.3, 0.4) is 0 Å². The molecule has 0 bridgehead atoms. The summed E-state index contributed by atoms with van der Waals surface area (Å²) in [7, 11) is 0. The van der Waals surface area contributed by atoms with Gasteiger partial charge in [0.1, 0.15) is 5.75 Å². The molecule has 7 heteroatoms. The number of benzene rings is 2. The van der Waals surface area contributed by atoms with Crippen molar-refractivity contribution in [2.45, 2.75) is 6.42 Å². The highest BCUT2D eigenvalue weighted by Crippen LogP contribution is 2.11. The topological polar surface area (TPSA) is 92.9 Å². The first kappa shape index (κ1) is 19.9. The van der Waals surface area contributed by atoms with Gasteiger partial charge in [0.05, 0.1) is 12.5 Å². The number of nitrogens with zero attached hydrogens (tertiary/aromatic N) is 1. The molecule has 1 heterocycles. The van der Waals surface area contributed by atoms with Crippen LogP contribution in [0.1, 0.15) is 21.7 Å². The summed E-state index contributed by atoms with van der Waals surface area (Å²) >= 11 is 0. The lowest BCUT2D eigenvalue weighted by Crippen LogP contribution is -2.30. The molecule has 7 nitrogen and oxygen atoms in total. The Morgan fingerprint density at radius 3 is 2.52 bits per heavy atom. The van der Waals surface area contributed by atoms with Gasteiger partial charge in [0.25, 0.3) is 5.91 Å². The largest absolute Gasteiger partial charge is 0.484 e. The van der Waals surface area contributed by atoms with E-state index < -0.39 is 5.91 Å². The van der Waals surface area contributed by atoms with Gasteiger partial charge in [-0.25, -0.2) is 5.43 Å². The molecule has 3 aromatic rings. The first-order valence-corrected chi connectivity index (χ1v) is 9.11. The van der Waals surface area contributed by atoms with E-state index in [4.69, 9.17) is 9.15 Å². The minimum Gasteiger partial charge on any atom is -0.484 e. The number of furan rings is 1. The van der Waals surface area contributed by atoms with E-state index in [0.717, 1.165) is 12.0 Å². The Kier molecular flexibility index (Phi) is 7.17. The van der Waals surface area contributed by atoms with Crippen LogP contribution in [0.5, 0.6) is 5.75 Å². The Morgan fingerprint density at radius 1 is 1.00 bits per heavy atom. The predicted octanol–water partition coefficient (Wildman–Crippen LogP) is 2.78. The normalized spacial score (nSPS) is 10.6. The van der Waals surface area contributed by atoms with Gasteiger partial charge in [-0.1, -0.05) is 30.3 Å². The lowest BCUT2D eigenvalue weighted by Gasteiger charge is -2.08. The van der Waals surface area contributed by atoms with Gasteiger partial charge in [0, 0.05) is 6.54 Å². The molecule has 2 aromatic carbocycles. The summed E-state index contributed by atoms with van der Waals surface area (Å²) in [5.41, 5.74) is 4.31. The van der Waals surface area contributed by atoms with Crippen LogP contribution in [-0.4, -0.2) is 31.2 Å². The summed E-state index contributed by atoms with van der Waals surface area (Å²) in [5, 5.41) is 6.70. The Hall–Kier alpha value is -3.87. The molecule has 0 spiro atoms. The average Bonchev–Trinajstić information content (AvgIpc) is 3.29. The van der Waals surface area contributed by atoms with Crippen LogP contribution in [0.2, 0.25) is 0 Å². The number of ether oxygens (including phenoxy) is 1. The lowest BCUT2D eigenvalue weighted by molar-refractivity contribution is -0.123. The molecule has 0 radical (unpaired) electrons. The fourth-order valence-electron chi connectivity index (χ4n) is 2.47. The summed E-state index contributed by atoms with van der Waals surface area (Å²) < 4.78 is 10.5. The molecular formula is C22H21N3O4. The average molecular weight is 391 g/mol. The number of hydrogen-bond donors (Lipinski definition) is 2. The van der Waals surface area contributed by atoms with E-state index in [2.05, 4.69) is 15.8 Å². The van der Waals surface area contributed by atoms with Gasteiger partial charge in [-0.3, -0.25) is 9.59 Å². The van der Waals surface area contributed by atoms with Crippen molar-refractivity contribution in [3.63, 3.8) is 0 Å². The number of rotatable bonds is 9. The zero-order valence-electron chi connectivity index (χ0n) is 15.7. The summed E-state index contributed by atoms with van der Waals surface area (Å²) in [5.74, 6) is 0.157. The predicted molar refractivity (Wildman–Crippen MR) is 109 cm³/mol. The monoisotopic (exact) mass is 391 g/mol. The fraction of sp³-hybridized carbons (Fsp3) is 0.136. The molecule has 1 aromatic heterocycles. The second-order valence-corrected chi connectivity index (χ2v) is 6.12. The Labute approximate surface area is 168 Å². The highest BCUT2D eigenvalue weighted by Gasteiger charge is 2.06. The van der Waals surface area contributed by atoms with E-state index in [1.807, 2.05) is 30.3 Å². The van der Waals surface area contributed by atoms with Crippen LogP contribution < -0.4 is 15.5 Å². The van der Waals surface area contributed by atoms with E-state index in [-0.39, 0.29) is 18.3 Å². The van der Waals surface area contributed by atoms with E-state index in [0.29, 0.717) is 12.3 Å². The highest BCUT2D eigenvalue weighted by atomic mass is 16.5. The number of carbonyl (C=O) groups is 2. The van der Waals surface area contributed by atoms with Crippen LogP contribution in [0.15, 0.2) is 82.5 Å². The molecule has 29 heavy (non-hydrogen) atoms. The second-order valence-electron chi connectivity index (χ2n) is 6.12. The van der Waals surface area contributed by atoms with Gasteiger partial charge in [0.15, 0.2) is 12.4 Å². The summed E-state index contributed by atoms with van der Waals surface area (Å²) in [6.07, 6.45) is 3.69. The van der Waals surface area contributed by atoms with Crippen molar-refractivity contribution >= 4 is 18.0 Å². The SMILES string of the molecule is O=C(COc1ccc(C=NNC(=O)c2ccco2)cc1)NCCc1ccccc1. The number of hydrogen-bond acceptors (Lipinski definition) is 5. The summed E-state index contributed by atoms with van der Waals surface area (Å²) in [4.78, 5) is 23.5. The quantitative estimate of drug-likeness (QED) is 0.433. The zero-order chi connectivity index (χ0) is 20.3. The summed E-state index contributed by atoms with van der Waals surface area (Å²) in [6, 6.07) is 20.1. The highest BCUT2D eigenvalue weighted by molar-refractivity contribution is 5.92. The van der Waals surface area contributed by atoms with Crippen LogP contribution in [0.25, 0.3) is 0 Å². The molecule has 0 aliphatic carbocycles. The number of nitrogens with one attached hydrogen (secondary N) is 2. The smallest absolute Gasteiger partial charge is 0.307 e. The third kappa shape index (κ3) is 6.66. The van der Waals surface area contributed by atoms with Crippen LogP contribution >= 0.6 is 0 Å². The minimum absolute atomic E-state index is 0.0541. The molecule has 0 unspecified atom stereocenters. The number of amides is 2. The van der Waals surface area contributed by atoms with Crippen molar-refractivity contribution in [1.82, 2.24) is 10.7 Å². The molecule has 0 fully saturated rings. The molecule has 0 saturated heterocycles. The van der Waals surface area contributed by atoms with Crippen molar-refractivity contribution in [2.24, 2.45) is 5.10 Å². The maximum absolute atomic E-state index is 11.9. The van der Waals surface area contributed by atoms with E-state index in [9.17, 15) is 9.59 Å². The molecule has 2 amide bonds. The van der Waals surface area contributed by atoms with Gasteiger partial charge in [-0.05, 0) is 53.9 Å². The van der Waals surface area contributed by atoms with Crippen LogP contribution in [-0.2, 0) is 11.2 Å². The number of hydrazone groups is 1. The lowest BCUT2D eigenvalue weighted by atomic mass is 10.1. The maximum Gasteiger partial charge on any atom is 0.307 e. The van der Waals surface area contributed by atoms with Gasteiger partial charge in [-0.15, -0.1) is 0 Å². The van der Waals surface area contributed by atoms with Gasteiger partial charge < -0.3 is 14.5 Å². The first-order chi connectivity index (χ1) is 14.2. The second kappa shape index (κ2) is 10.5. The van der Waals surface area contributed by atoms with Gasteiger partial charge >= 0.3 is 5.91 Å². The molecule has 0 aliphatic rings. The molecule has 148 valence electrons. The van der Waals surface area contributed by atoms with Gasteiger partial charge in [0.2, 0.25) is 0 Å². The number of carbonyl (C=O) groups excluding carboxylic acids is 2. The third-order valence-corrected chi connectivity index (χ3v) is 3.95. The van der Waals surface area contributed by atoms with Crippen molar-refractivity contribution < 1.29 is 18.7 Å². The van der Waals surface area contributed by atoms with Crippen molar-refractivity contribution in [1.29, 1.82) is 0 Å². The van der Waals surface area contributed by atoms with Crippen molar-refractivity contribution in [3.8, 4) is 5.75 Å². The molecular weight excluding hydrogens is 370 g/mol.